The van der Waals surface area contributed by atoms with Crippen molar-refractivity contribution < 1.29 is 0 Å². The maximum absolute atomic E-state index is 4.20. The van der Waals surface area contributed by atoms with Crippen LogP contribution in [0, 0.1) is 5.92 Å². The Hall–Kier alpha value is -0.680. The SMILES string of the molecule is CN(C)[C@@H](CNc1ncc(Br)cn1)C1CC1. The third kappa shape index (κ3) is 3.15. The molecule has 0 aliphatic heterocycles. The van der Waals surface area contributed by atoms with Crippen molar-refractivity contribution in [3.63, 3.8) is 0 Å². The average molecular weight is 285 g/mol. The van der Waals surface area contributed by atoms with Gasteiger partial charge in [-0.2, -0.15) is 0 Å². The second-order valence-corrected chi connectivity index (χ2v) is 5.39. The van der Waals surface area contributed by atoms with Crippen LogP contribution in [0.3, 0.4) is 0 Å². The van der Waals surface area contributed by atoms with E-state index in [1.807, 2.05) is 0 Å². The maximum atomic E-state index is 4.20. The number of hydrogen-bond acceptors (Lipinski definition) is 4. The monoisotopic (exact) mass is 284 g/mol. The van der Waals surface area contributed by atoms with Crippen LogP contribution in [0.1, 0.15) is 12.8 Å². The molecule has 1 atom stereocenters. The Kier molecular flexibility index (Phi) is 3.76. The summed E-state index contributed by atoms with van der Waals surface area (Å²) in [6, 6.07) is 0.590. The zero-order valence-electron chi connectivity index (χ0n) is 9.65. The van der Waals surface area contributed by atoms with Gasteiger partial charge in [-0.25, -0.2) is 9.97 Å². The normalized spacial score (nSPS) is 17.5. The van der Waals surface area contributed by atoms with Crippen LogP contribution in [0.5, 0.6) is 0 Å². The van der Waals surface area contributed by atoms with Gasteiger partial charge in [0.2, 0.25) is 5.95 Å². The number of halogens is 1. The first-order valence-corrected chi connectivity index (χ1v) is 6.34. The Morgan fingerprint density at radius 2 is 2.06 bits per heavy atom. The van der Waals surface area contributed by atoms with Gasteiger partial charge in [0.1, 0.15) is 0 Å². The number of likely N-dealkylation sites (N-methyl/N-ethyl adjacent to an activating group) is 1. The first-order chi connectivity index (χ1) is 7.66. The first kappa shape index (κ1) is 11.8. The highest BCUT2D eigenvalue weighted by Crippen LogP contribution is 2.34. The molecule has 88 valence electrons. The largest absolute Gasteiger partial charge is 0.353 e. The summed E-state index contributed by atoms with van der Waals surface area (Å²) < 4.78 is 0.907. The van der Waals surface area contributed by atoms with Gasteiger partial charge in [0, 0.05) is 25.0 Å². The van der Waals surface area contributed by atoms with Gasteiger partial charge >= 0.3 is 0 Å². The Bertz CT molecular complexity index is 332. The van der Waals surface area contributed by atoms with Gasteiger partial charge in [-0.15, -0.1) is 0 Å². The lowest BCUT2D eigenvalue weighted by Crippen LogP contribution is -2.36. The van der Waals surface area contributed by atoms with E-state index in [0.29, 0.717) is 12.0 Å². The molecule has 1 N–H and O–H groups in total. The van der Waals surface area contributed by atoms with Crippen LogP contribution < -0.4 is 5.32 Å². The minimum absolute atomic E-state index is 0.590. The van der Waals surface area contributed by atoms with Crippen molar-refractivity contribution in [2.75, 3.05) is 26.0 Å². The summed E-state index contributed by atoms with van der Waals surface area (Å²) in [7, 11) is 4.26. The minimum atomic E-state index is 0.590. The highest BCUT2D eigenvalue weighted by molar-refractivity contribution is 9.10. The molecule has 0 saturated heterocycles. The summed E-state index contributed by atoms with van der Waals surface area (Å²) in [4.78, 5) is 10.7. The highest BCUT2D eigenvalue weighted by Gasteiger charge is 2.32. The molecule has 4 nitrogen and oxygen atoms in total. The maximum Gasteiger partial charge on any atom is 0.222 e. The molecule has 0 bridgehead atoms. The smallest absolute Gasteiger partial charge is 0.222 e. The predicted octanol–water partition coefficient (Wildman–Crippen LogP) is 1.99. The lowest BCUT2D eigenvalue weighted by molar-refractivity contribution is 0.276. The molecule has 1 aromatic heterocycles. The van der Waals surface area contributed by atoms with Crippen LogP contribution in [0.15, 0.2) is 16.9 Å². The van der Waals surface area contributed by atoms with Crippen molar-refractivity contribution in [1.29, 1.82) is 0 Å². The molecule has 0 spiro atoms. The van der Waals surface area contributed by atoms with Crippen LogP contribution in [-0.4, -0.2) is 41.5 Å². The fraction of sp³-hybridized carbons (Fsp3) is 0.636. The average Bonchev–Trinajstić information content (AvgIpc) is 3.05. The third-order valence-corrected chi connectivity index (χ3v) is 3.33. The lowest BCUT2D eigenvalue weighted by atomic mass is 10.1. The Morgan fingerprint density at radius 3 is 2.56 bits per heavy atom. The zero-order chi connectivity index (χ0) is 11.5. The van der Waals surface area contributed by atoms with Gasteiger partial charge < -0.3 is 10.2 Å². The second kappa shape index (κ2) is 5.10. The number of nitrogens with one attached hydrogen (secondary N) is 1. The van der Waals surface area contributed by atoms with E-state index in [9.17, 15) is 0 Å². The quantitative estimate of drug-likeness (QED) is 0.898. The van der Waals surface area contributed by atoms with Gasteiger partial charge in [0.05, 0.1) is 4.47 Å². The minimum Gasteiger partial charge on any atom is -0.353 e. The van der Waals surface area contributed by atoms with Crippen LogP contribution in [0.4, 0.5) is 5.95 Å². The van der Waals surface area contributed by atoms with Gasteiger partial charge in [-0.1, -0.05) is 0 Å². The van der Waals surface area contributed by atoms with Crippen molar-refractivity contribution in [2.24, 2.45) is 5.92 Å². The van der Waals surface area contributed by atoms with Gasteiger partial charge in [0.15, 0.2) is 0 Å². The summed E-state index contributed by atoms with van der Waals surface area (Å²) >= 11 is 3.32. The molecular weight excluding hydrogens is 268 g/mol. The van der Waals surface area contributed by atoms with Crippen LogP contribution in [0.25, 0.3) is 0 Å². The van der Waals surface area contributed by atoms with Crippen molar-refractivity contribution in [3.05, 3.63) is 16.9 Å². The van der Waals surface area contributed by atoms with E-state index < -0.39 is 0 Å². The van der Waals surface area contributed by atoms with E-state index in [-0.39, 0.29) is 0 Å². The van der Waals surface area contributed by atoms with E-state index in [4.69, 9.17) is 0 Å². The molecule has 16 heavy (non-hydrogen) atoms. The summed E-state index contributed by atoms with van der Waals surface area (Å²) in [6.45, 7) is 0.916. The van der Waals surface area contributed by atoms with Crippen LogP contribution in [0.2, 0.25) is 0 Å². The first-order valence-electron chi connectivity index (χ1n) is 5.54. The van der Waals surface area contributed by atoms with E-state index in [2.05, 4.69) is 50.2 Å². The Labute approximate surface area is 105 Å². The molecule has 1 aliphatic rings. The number of rotatable bonds is 5. The molecule has 2 rings (SSSR count). The van der Waals surface area contributed by atoms with E-state index in [1.54, 1.807) is 12.4 Å². The van der Waals surface area contributed by atoms with Crippen LogP contribution in [-0.2, 0) is 0 Å². The molecule has 0 aromatic carbocycles. The Balaban J connectivity index is 1.87. The topological polar surface area (TPSA) is 41.0 Å². The van der Waals surface area contributed by atoms with Crippen molar-refractivity contribution in [1.82, 2.24) is 14.9 Å². The van der Waals surface area contributed by atoms with Gasteiger partial charge in [-0.05, 0) is 48.8 Å². The van der Waals surface area contributed by atoms with Crippen molar-refractivity contribution in [3.8, 4) is 0 Å². The molecule has 1 heterocycles. The summed E-state index contributed by atoms with van der Waals surface area (Å²) in [5.41, 5.74) is 0. The molecule has 5 heteroatoms. The van der Waals surface area contributed by atoms with Crippen molar-refractivity contribution >= 4 is 21.9 Å². The van der Waals surface area contributed by atoms with E-state index in [1.165, 1.54) is 12.8 Å². The molecule has 1 aliphatic carbocycles. The highest BCUT2D eigenvalue weighted by atomic mass is 79.9. The standard InChI is InChI=1S/C11H17BrN4/c1-16(2)10(8-3-4-8)7-15-11-13-5-9(12)6-14-11/h5-6,8,10H,3-4,7H2,1-2H3,(H,13,14,15)/t10-/m0/s1. The van der Waals surface area contributed by atoms with E-state index in [0.717, 1.165) is 16.9 Å². The molecule has 0 amide bonds. The summed E-state index contributed by atoms with van der Waals surface area (Å²) in [5.74, 6) is 1.55. The molecule has 1 aromatic rings. The fourth-order valence-electron chi connectivity index (χ4n) is 1.85. The van der Waals surface area contributed by atoms with E-state index >= 15 is 0 Å². The third-order valence-electron chi connectivity index (χ3n) is 2.92. The molecule has 0 radical (unpaired) electrons. The van der Waals surface area contributed by atoms with Gasteiger partial charge in [0.25, 0.3) is 0 Å². The molecule has 0 unspecified atom stereocenters. The lowest BCUT2D eigenvalue weighted by Gasteiger charge is -2.24. The summed E-state index contributed by atoms with van der Waals surface area (Å²) in [5, 5.41) is 3.29. The molecule has 1 saturated carbocycles. The fourth-order valence-corrected chi connectivity index (χ4v) is 2.06. The second-order valence-electron chi connectivity index (χ2n) is 4.47. The zero-order valence-corrected chi connectivity index (χ0v) is 11.2. The predicted molar refractivity (Wildman–Crippen MR) is 68.4 cm³/mol. The van der Waals surface area contributed by atoms with Crippen molar-refractivity contribution in [2.45, 2.75) is 18.9 Å². The number of hydrogen-bond donors (Lipinski definition) is 1. The Morgan fingerprint density at radius 1 is 1.44 bits per heavy atom. The van der Waals surface area contributed by atoms with Gasteiger partial charge in [-0.3, -0.25) is 0 Å². The number of anilines is 1. The summed E-state index contributed by atoms with van der Waals surface area (Å²) in [6.07, 6.45) is 6.23. The van der Waals surface area contributed by atoms with Crippen LogP contribution >= 0.6 is 15.9 Å². The number of aromatic nitrogens is 2. The number of nitrogens with zero attached hydrogens (tertiary/aromatic N) is 3. The molecular formula is C11H17BrN4. The molecule has 1 fully saturated rings.